The van der Waals surface area contributed by atoms with E-state index in [1.165, 1.54) is 5.56 Å². The molecule has 4 heteroatoms. The second-order valence-corrected chi connectivity index (χ2v) is 5.25. The quantitative estimate of drug-likeness (QED) is 0.900. The zero-order valence-corrected chi connectivity index (χ0v) is 11.5. The van der Waals surface area contributed by atoms with E-state index in [2.05, 4.69) is 39.6 Å². The van der Waals surface area contributed by atoms with Gasteiger partial charge in [0, 0.05) is 16.7 Å². The highest BCUT2D eigenvalue weighted by atomic mass is 79.9. The number of hydrogen-bond donors (Lipinski definition) is 2. The summed E-state index contributed by atoms with van der Waals surface area (Å²) in [4.78, 5) is 12.0. The molecule has 1 aromatic carbocycles. The Morgan fingerprint density at radius 3 is 3.06 bits per heavy atom. The monoisotopic (exact) mass is 296 g/mol. The summed E-state index contributed by atoms with van der Waals surface area (Å²) in [5.41, 5.74) is 2.10. The van der Waals surface area contributed by atoms with Gasteiger partial charge >= 0.3 is 0 Å². The summed E-state index contributed by atoms with van der Waals surface area (Å²) in [6.45, 7) is 3.83. The molecule has 17 heavy (non-hydrogen) atoms. The topological polar surface area (TPSA) is 41.1 Å². The number of carbonyl (C=O) groups excluding carboxylic acids is 1. The van der Waals surface area contributed by atoms with Gasteiger partial charge in [-0.25, -0.2) is 0 Å². The minimum absolute atomic E-state index is 0.114. The molecular formula is C13H17BrN2O. The van der Waals surface area contributed by atoms with Gasteiger partial charge in [-0.15, -0.1) is 0 Å². The number of rotatable bonds is 3. The fourth-order valence-electron chi connectivity index (χ4n) is 2.09. The van der Waals surface area contributed by atoms with Crippen LogP contribution in [0.1, 0.15) is 18.9 Å². The van der Waals surface area contributed by atoms with Crippen LogP contribution in [-0.2, 0) is 11.2 Å². The largest absolute Gasteiger partial charge is 0.326 e. The molecule has 0 spiro atoms. The van der Waals surface area contributed by atoms with E-state index in [1.54, 1.807) is 0 Å². The van der Waals surface area contributed by atoms with Crippen molar-refractivity contribution in [3.8, 4) is 0 Å². The highest BCUT2D eigenvalue weighted by Gasteiger charge is 2.22. The minimum atomic E-state index is 0.114. The average Bonchev–Trinajstić information content (AvgIpc) is 2.85. The molecule has 1 heterocycles. The van der Waals surface area contributed by atoms with Crippen LogP contribution in [-0.4, -0.2) is 19.0 Å². The number of halogens is 1. The number of nitrogens with one attached hydrogen (secondary N) is 2. The minimum Gasteiger partial charge on any atom is -0.326 e. The smallest absolute Gasteiger partial charge is 0.228 e. The Labute approximate surface area is 110 Å². The molecule has 3 nitrogen and oxygen atoms in total. The molecule has 1 unspecified atom stereocenters. The molecule has 1 saturated heterocycles. The predicted octanol–water partition coefficient (Wildman–Crippen LogP) is 2.56. The Kier molecular flexibility index (Phi) is 4.18. The number of carbonyl (C=O) groups is 1. The summed E-state index contributed by atoms with van der Waals surface area (Å²) in [6.07, 6.45) is 1.85. The lowest BCUT2D eigenvalue weighted by molar-refractivity contribution is -0.119. The Bertz CT molecular complexity index is 414. The molecule has 1 aliphatic heterocycles. The molecule has 0 radical (unpaired) electrons. The first-order chi connectivity index (χ1) is 8.20. The van der Waals surface area contributed by atoms with E-state index >= 15 is 0 Å². The van der Waals surface area contributed by atoms with Gasteiger partial charge in [0.05, 0.1) is 5.92 Å². The van der Waals surface area contributed by atoms with Gasteiger partial charge in [-0.3, -0.25) is 4.79 Å². The number of benzene rings is 1. The Morgan fingerprint density at radius 1 is 1.59 bits per heavy atom. The lowest BCUT2D eigenvalue weighted by Gasteiger charge is -2.13. The maximum Gasteiger partial charge on any atom is 0.228 e. The third-order valence-corrected chi connectivity index (χ3v) is 3.63. The van der Waals surface area contributed by atoms with Crippen LogP contribution < -0.4 is 10.6 Å². The first-order valence-electron chi connectivity index (χ1n) is 6.00. The predicted molar refractivity (Wildman–Crippen MR) is 73.1 cm³/mol. The van der Waals surface area contributed by atoms with Gasteiger partial charge in [-0.1, -0.05) is 22.9 Å². The summed E-state index contributed by atoms with van der Waals surface area (Å²) >= 11 is 3.45. The van der Waals surface area contributed by atoms with Gasteiger partial charge in [0.1, 0.15) is 0 Å². The third kappa shape index (κ3) is 3.07. The molecule has 0 aromatic heterocycles. The van der Waals surface area contributed by atoms with Gasteiger partial charge < -0.3 is 10.6 Å². The average molecular weight is 297 g/mol. The number of anilines is 1. The molecule has 0 saturated carbocycles. The van der Waals surface area contributed by atoms with Gasteiger partial charge in [0.15, 0.2) is 0 Å². The highest BCUT2D eigenvalue weighted by molar-refractivity contribution is 9.10. The van der Waals surface area contributed by atoms with E-state index < -0.39 is 0 Å². The fourth-order valence-corrected chi connectivity index (χ4v) is 2.50. The van der Waals surface area contributed by atoms with Crippen LogP contribution in [0.5, 0.6) is 0 Å². The molecule has 1 aliphatic rings. The molecule has 2 N–H and O–H groups in total. The number of aryl methyl sites for hydroxylation is 1. The van der Waals surface area contributed by atoms with E-state index in [9.17, 15) is 4.79 Å². The van der Waals surface area contributed by atoms with Crippen molar-refractivity contribution in [3.63, 3.8) is 0 Å². The van der Waals surface area contributed by atoms with Crippen LogP contribution in [0.3, 0.4) is 0 Å². The number of hydrogen-bond acceptors (Lipinski definition) is 2. The van der Waals surface area contributed by atoms with E-state index in [4.69, 9.17) is 0 Å². The first-order valence-corrected chi connectivity index (χ1v) is 6.80. The Hall–Kier alpha value is -0.870. The number of amides is 1. The van der Waals surface area contributed by atoms with Crippen LogP contribution in [0.2, 0.25) is 0 Å². The second-order valence-electron chi connectivity index (χ2n) is 4.33. The molecule has 1 fully saturated rings. The highest BCUT2D eigenvalue weighted by Crippen LogP contribution is 2.22. The summed E-state index contributed by atoms with van der Waals surface area (Å²) < 4.78 is 1.05. The van der Waals surface area contributed by atoms with Crippen molar-refractivity contribution in [1.82, 2.24) is 5.32 Å². The molecule has 1 atom stereocenters. The zero-order valence-electron chi connectivity index (χ0n) is 9.92. The van der Waals surface area contributed by atoms with E-state index in [0.29, 0.717) is 0 Å². The maximum absolute atomic E-state index is 12.0. The Morgan fingerprint density at radius 2 is 2.41 bits per heavy atom. The van der Waals surface area contributed by atoms with Crippen molar-refractivity contribution in [3.05, 3.63) is 28.2 Å². The van der Waals surface area contributed by atoms with E-state index in [-0.39, 0.29) is 11.8 Å². The molecule has 2 rings (SSSR count). The van der Waals surface area contributed by atoms with Gasteiger partial charge in [-0.05, 0) is 43.1 Å². The standard InChI is InChI=1S/C13H17BrN2O/c1-2-9-7-11(14)3-4-12(9)16-13(17)10-5-6-15-8-10/h3-4,7,10,15H,2,5-6,8H2,1H3,(H,16,17). The summed E-state index contributed by atoms with van der Waals surface area (Å²) in [5.74, 6) is 0.246. The summed E-state index contributed by atoms with van der Waals surface area (Å²) in [5, 5.41) is 6.24. The second kappa shape index (κ2) is 5.65. The van der Waals surface area contributed by atoms with Gasteiger partial charge in [0.25, 0.3) is 0 Å². The van der Waals surface area contributed by atoms with E-state index in [0.717, 1.165) is 36.1 Å². The van der Waals surface area contributed by atoms with Crippen molar-refractivity contribution >= 4 is 27.5 Å². The van der Waals surface area contributed by atoms with Crippen molar-refractivity contribution < 1.29 is 4.79 Å². The third-order valence-electron chi connectivity index (χ3n) is 3.14. The van der Waals surface area contributed by atoms with Crippen LogP contribution in [0.25, 0.3) is 0 Å². The molecule has 0 bridgehead atoms. The van der Waals surface area contributed by atoms with Crippen LogP contribution in [0.4, 0.5) is 5.69 Å². The lowest BCUT2D eigenvalue weighted by atomic mass is 10.1. The van der Waals surface area contributed by atoms with Crippen molar-refractivity contribution in [2.45, 2.75) is 19.8 Å². The normalized spacial score (nSPS) is 19.3. The van der Waals surface area contributed by atoms with E-state index in [1.807, 2.05) is 12.1 Å². The van der Waals surface area contributed by atoms with Crippen LogP contribution in [0.15, 0.2) is 22.7 Å². The maximum atomic E-state index is 12.0. The van der Waals surface area contributed by atoms with Crippen LogP contribution in [0, 0.1) is 5.92 Å². The SMILES string of the molecule is CCc1cc(Br)ccc1NC(=O)C1CCNC1. The van der Waals surface area contributed by atoms with Crippen molar-refractivity contribution in [1.29, 1.82) is 0 Å². The van der Waals surface area contributed by atoms with Gasteiger partial charge in [-0.2, -0.15) is 0 Å². The summed E-state index contributed by atoms with van der Waals surface area (Å²) in [6, 6.07) is 5.98. The van der Waals surface area contributed by atoms with Crippen molar-refractivity contribution in [2.24, 2.45) is 5.92 Å². The molecule has 1 amide bonds. The zero-order chi connectivity index (χ0) is 12.3. The molecule has 92 valence electrons. The van der Waals surface area contributed by atoms with Crippen molar-refractivity contribution in [2.75, 3.05) is 18.4 Å². The summed E-state index contributed by atoms with van der Waals surface area (Å²) in [7, 11) is 0. The lowest BCUT2D eigenvalue weighted by Crippen LogP contribution is -2.25. The molecule has 1 aromatic rings. The first kappa shape index (κ1) is 12.6. The van der Waals surface area contributed by atoms with Gasteiger partial charge in [0.2, 0.25) is 5.91 Å². The van der Waals surface area contributed by atoms with Crippen LogP contribution >= 0.6 is 15.9 Å². The molecular weight excluding hydrogens is 280 g/mol. The Balaban J connectivity index is 2.09. The molecule has 0 aliphatic carbocycles. The fraction of sp³-hybridized carbons (Fsp3) is 0.462.